The Morgan fingerprint density at radius 1 is 1.50 bits per heavy atom. The number of esters is 2. The van der Waals surface area contributed by atoms with E-state index in [0.29, 0.717) is 0 Å². The minimum atomic E-state index is -1.77. The van der Waals surface area contributed by atoms with Crippen LogP contribution in [-0.2, 0) is 14.3 Å². The summed E-state index contributed by atoms with van der Waals surface area (Å²) >= 11 is 0.938. The largest absolute Gasteiger partial charge is 0.467 e. The van der Waals surface area contributed by atoms with Crippen molar-refractivity contribution in [1.82, 2.24) is 4.98 Å². The van der Waals surface area contributed by atoms with Crippen molar-refractivity contribution in [2.75, 3.05) is 13.7 Å². The fraction of sp³-hybridized carbons (Fsp3) is 0.500. The number of thiazole rings is 1. The third kappa shape index (κ3) is 3.03. The molecule has 1 heterocycles. The van der Waals surface area contributed by atoms with Crippen molar-refractivity contribution in [1.29, 1.82) is 0 Å². The normalized spacial score (nSPS) is 13.8. The molecule has 0 aliphatic heterocycles. The van der Waals surface area contributed by atoms with E-state index in [2.05, 4.69) is 9.72 Å². The van der Waals surface area contributed by atoms with Crippen molar-refractivity contribution in [2.24, 2.45) is 0 Å². The molecule has 0 bridgehead atoms. The van der Waals surface area contributed by atoms with Crippen molar-refractivity contribution < 1.29 is 29.3 Å². The fourth-order valence-corrected chi connectivity index (χ4v) is 2.00. The number of aliphatic hydroxyl groups excluding tert-OH is 2. The van der Waals surface area contributed by atoms with Gasteiger partial charge >= 0.3 is 11.9 Å². The van der Waals surface area contributed by atoms with E-state index in [4.69, 9.17) is 4.74 Å². The minimum Gasteiger partial charge on any atom is -0.467 e. The van der Waals surface area contributed by atoms with Crippen LogP contribution in [0.25, 0.3) is 0 Å². The third-order valence-electron chi connectivity index (χ3n) is 2.07. The van der Waals surface area contributed by atoms with Gasteiger partial charge in [0, 0.05) is 0 Å². The Morgan fingerprint density at radius 2 is 2.17 bits per heavy atom. The Labute approximate surface area is 107 Å². The number of hydrogen-bond donors (Lipinski definition) is 2. The van der Waals surface area contributed by atoms with Gasteiger partial charge in [-0.2, -0.15) is 0 Å². The van der Waals surface area contributed by atoms with Crippen molar-refractivity contribution in [3.05, 3.63) is 16.1 Å². The molecule has 2 N–H and O–H groups in total. The summed E-state index contributed by atoms with van der Waals surface area (Å²) in [4.78, 5) is 26.4. The summed E-state index contributed by atoms with van der Waals surface area (Å²) in [7, 11) is 1.08. The molecule has 0 saturated carbocycles. The van der Waals surface area contributed by atoms with Crippen LogP contribution >= 0.6 is 11.3 Å². The van der Waals surface area contributed by atoms with Gasteiger partial charge in [-0.3, -0.25) is 0 Å². The Hall–Kier alpha value is -1.51. The Morgan fingerprint density at radius 3 is 2.72 bits per heavy atom. The molecule has 1 rings (SSSR count). The van der Waals surface area contributed by atoms with Crippen molar-refractivity contribution >= 4 is 23.3 Å². The molecule has 0 amide bonds. The topological polar surface area (TPSA) is 106 Å². The molecule has 100 valence electrons. The number of hydrogen-bond acceptors (Lipinski definition) is 8. The van der Waals surface area contributed by atoms with Gasteiger partial charge in [-0.15, -0.1) is 11.3 Å². The van der Waals surface area contributed by atoms with Crippen LogP contribution in [0.4, 0.5) is 0 Å². The van der Waals surface area contributed by atoms with Gasteiger partial charge in [-0.05, 0) is 6.92 Å². The maximum absolute atomic E-state index is 11.5. The maximum Gasteiger partial charge on any atom is 0.358 e. The lowest BCUT2D eigenvalue weighted by Gasteiger charge is -2.14. The van der Waals surface area contributed by atoms with Crippen LogP contribution in [0.2, 0.25) is 0 Å². The molecule has 2 unspecified atom stereocenters. The first-order chi connectivity index (χ1) is 8.52. The van der Waals surface area contributed by atoms with E-state index in [1.807, 2.05) is 0 Å². The van der Waals surface area contributed by atoms with E-state index in [1.165, 1.54) is 5.51 Å². The van der Waals surface area contributed by atoms with Gasteiger partial charge in [0.2, 0.25) is 0 Å². The van der Waals surface area contributed by atoms with Gasteiger partial charge in [0.25, 0.3) is 0 Å². The molecular formula is C10H13NO6S. The third-order valence-corrected chi connectivity index (χ3v) is 2.97. The molecule has 18 heavy (non-hydrogen) atoms. The van der Waals surface area contributed by atoms with Crippen LogP contribution in [-0.4, -0.2) is 47.0 Å². The molecular weight excluding hydrogens is 262 g/mol. The molecule has 0 aromatic carbocycles. The first-order valence-corrected chi connectivity index (χ1v) is 5.95. The average Bonchev–Trinajstić information content (AvgIpc) is 2.85. The smallest absolute Gasteiger partial charge is 0.358 e. The van der Waals surface area contributed by atoms with E-state index in [0.717, 1.165) is 18.4 Å². The van der Waals surface area contributed by atoms with Crippen LogP contribution in [0, 0.1) is 0 Å². The lowest BCUT2D eigenvalue weighted by atomic mass is 10.1. The fourth-order valence-electron chi connectivity index (χ4n) is 1.21. The van der Waals surface area contributed by atoms with Crippen LogP contribution in [0.15, 0.2) is 5.51 Å². The summed E-state index contributed by atoms with van der Waals surface area (Å²) in [6.45, 7) is 1.79. The molecule has 2 atom stereocenters. The SMILES string of the molecule is CCOC(=O)c1ncsc1C(O)C(O)C(=O)OC. The monoisotopic (exact) mass is 275 g/mol. The number of ether oxygens (including phenoxy) is 2. The van der Waals surface area contributed by atoms with Crippen molar-refractivity contribution in [2.45, 2.75) is 19.1 Å². The second-order valence-electron chi connectivity index (χ2n) is 3.20. The summed E-state index contributed by atoms with van der Waals surface area (Å²) in [5.74, 6) is -1.71. The lowest BCUT2D eigenvalue weighted by molar-refractivity contribution is -0.156. The van der Waals surface area contributed by atoms with E-state index >= 15 is 0 Å². The highest BCUT2D eigenvalue weighted by Crippen LogP contribution is 2.26. The highest BCUT2D eigenvalue weighted by molar-refractivity contribution is 7.10. The standard InChI is InChI=1S/C10H13NO6S/c1-3-17-9(14)5-8(18-4-11-5)6(12)7(13)10(15)16-2/h4,6-7,12-13H,3H2,1-2H3. The predicted molar refractivity (Wildman–Crippen MR) is 61.1 cm³/mol. The number of carbonyl (C=O) groups excluding carboxylic acids is 2. The summed E-state index contributed by atoms with van der Waals surface area (Å²) in [6, 6.07) is 0. The van der Waals surface area contributed by atoms with Gasteiger partial charge in [0.05, 0.1) is 24.1 Å². The Kier molecular flexibility index (Phi) is 5.20. The zero-order valence-corrected chi connectivity index (χ0v) is 10.6. The van der Waals surface area contributed by atoms with Crippen LogP contribution in [0.3, 0.4) is 0 Å². The van der Waals surface area contributed by atoms with E-state index in [-0.39, 0.29) is 17.2 Å². The van der Waals surface area contributed by atoms with Gasteiger partial charge < -0.3 is 19.7 Å². The Balaban J connectivity index is 2.93. The number of rotatable bonds is 5. The lowest BCUT2D eigenvalue weighted by Crippen LogP contribution is -2.29. The van der Waals surface area contributed by atoms with Gasteiger partial charge in [-0.25, -0.2) is 14.6 Å². The molecule has 0 aliphatic carbocycles. The zero-order chi connectivity index (χ0) is 13.7. The molecule has 0 spiro atoms. The summed E-state index contributed by atoms with van der Waals surface area (Å²) in [5.41, 5.74) is 1.20. The zero-order valence-electron chi connectivity index (χ0n) is 9.82. The highest BCUT2D eigenvalue weighted by Gasteiger charge is 2.32. The van der Waals surface area contributed by atoms with E-state index in [9.17, 15) is 19.8 Å². The van der Waals surface area contributed by atoms with E-state index in [1.54, 1.807) is 6.92 Å². The molecule has 7 nitrogen and oxygen atoms in total. The molecule has 0 fully saturated rings. The van der Waals surface area contributed by atoms with Crippen LogP contribution < -0.4 is 0 Å². The second-order valence-corrected chi connectivity index (χ2v) is 4.08. The average molecular weight is 275 g/mol. The minimum absolute atomic E-state index is 0.0614. The summed E-state index contributed by atoms with van der Waals surface area (Å²) < 4.78 is 9.04. The molecule has 1 aromatic rings. The van der Waals surface area contributed by atoms with Crippen LogP contribution in [0.1, 0.15) is 28.4 Å². The first kappa shape index (κ1) is 14.6. The van der Waals surface area contributed by atoms with Gasteiger partial charge in [0.15, 0.2) is 11.8 Å². The maximum atomic E-state index is 11.5. The predicted octanol–water partition coefficient (Wildman–Crippen LogP) is -0.113. The van der Waals surface area contributed by atoms with Crippen molar-refractivity contribution in [3.63, 3.8) is 0 Å². The quantitative estimate of drug-likeness (QED) is 0.722. The molecule has 8 heteroatoms. The summed E-state index contributed by atoms with van der Waals surface area (Å²) in [6.07, 6.45) is -3.35. The van der Waals surface area contributed by atoms with E-state index < -0.39 is 24.1 Å². The van der Waals surface area contributed by atoms with Crippen LogP contribution in [0.5, 0.6) is 0 Å². The number of aromatic nitrogens is 1. The summed E-state index contributed by atoms with van der Waals surface area (Å²) in [5, 5.41) is 19.3. The second kappa shape index (κ2) is 6.43. The molecule has 0 radical (unpaired) electrons. The molecule has 0 saturated heterocycles. The number of carbonyl (C=O) groups is 2. The number of nitrogens with zero attached hydrogens (tertiary/aromatic N) is 1. The highest BCUT2D eigenvalue weighted by atomic mass is 32.1. The Bertz CT molecular complexity index is 432. The molecule has 1 aromatic heterocycles. The number of methoxy groups -OCH3 is 1. The number of aliphatic hydroxyl groups is 2. The first-order valence-electron chi connectivity index (χ1n) is 5.07. The van der Waals surface area contributed by atoms with Gasteiger partial charge in [0.1, 0.15) is 6.10 Å². The van der Waals surface area contributed by atoms with Gasteiger partial charge in [-0.1, -0.05) is 0 Å². The van der Waals surface area contributed by atoms with Crippen molar-refractivity contribution in [3.8, 4) is 0 Å². The molecule has 0 aliphatic rings.